The number of hydrogen-bond donors (Lipinski definition) is 0. The Morgan fingerprint density at radius 1 is 0.514 bits per heavy atom. The topological polar surface area (TPSA) is 42.9 Å². The number of rotatable bonds is 3. The Labute approximate surface area is 214 Å². The zero-order valence-electron chi connectivity index (χ0n) is 20.3. The largest absolute Gasteiger partial charge is 0.294 e. The molecular weight excluding hydrogens is 452 g/mol. The number of ketones is 1. The number of hydrogen-bond acceptors (Lipinski definition) is 3. The quantitative estimate of drug-likeness (QED) is 0.146. The van der Waals surface area contributed by atoms with E-state index in [1.54, 1.807) is 6.92 Å². The van der Waals surface area contributed by atoms with Crippen LogP contribution in [0, 0.1) is 0 Å². The van der Waals surface area contributed by atoms with Gasteiger partial charge in [0.25, 0.3) is 0 Å². The van der Waals surface area contributed by atoms with Crippen molar-refractivity contribution in [3.8, 4) is 22.5 Å². The maximum Gasteiger partial charge on any atom is 0.161 e. The van der Waals surface area contributed by atoms with Crippen LogP contribution in [0.1, 0.15) is 17.3 Å². The number of Topliss-reactive ketones (excluding diaryl/α,β-unsaturated/α-hetero) is 1. The van der Waals surface area contributed by atoms with E-state index in [2.05, 4.69) is 60.7 Å². The Hall–Kier alpha value is -4.89. The third-order valence-corrected chi connectivity index (χ3v) is 7.13. The van der Waals surface area contributed by atoms with Crippen LogP contribution in [0.2, 0.25) is 0 Å². The van der Waals surface area contributed by atoms with Gasteiger partial charge < -0.3 is 0 Å². The van der Waals surface area contributed by atoms with Crippen LogP contribution < -0.4 is 0 Å². The lowest BCUT2D eigenvalue weighted by molar-refractivity contribution is 0.102. The lowest BCUT2D eigenvalue weighted by Crippen LogP contribution is -1.99. The molecule has 0 bridgehead atoms. The van der Waals surface area contributed by atoms with Gasteiger partial charge in [0.2, 0.25) is 0 Å². The molecule has 5 aromatic carbocycles. The SMILES string of the molecule is CC(=O)c1c2ccccc2c(-c2ccc3ccc4ccc(-c5ccccc5)nc4c3n2)c2ccccc12. The summed E-state index contributed by atoms with van der Waals surface area (Å²) in [5.41, 5.74) is 6.43. The molecular formula is C34H22N2O. The molecule has 7 rings (SSSR count). The smallest absolute Gasteiger partial charge is 0.161 e. The molecule has 2 heterocycles. The van der Waals surface area contributed by atoms with E-state index in [-0.39, 0.29) is 5.78 Å². The third kappa shape index (κ3) is 3.40. The van der Waals surface area contributed by atoms with Crippen LogP contribution in [-0.2, 0) is 0 Å². The summed E-state index contributed by atoms with van der Waals surface area (Å²) in [6, 6.07) is 39.1. The van der Waals surface area contributed by atoms with Crippen molar-refractivity contribution < 1.29 is 4.79 Å². The normalized spacial score (nSPS) is 11.5. The second kappa shape index (κ2) is 8.35. The average molecular weight is 475 g/mol. The molecule has 0 amide bonds. The Morgan fingerprint density at radius 3 is 1.54 bits per heavy atom. The summed E-state index contributed by atoms with van der Waals surface area (Å²) >= 11 is 0. The summed E-state index contributed by atoms with van der Waals surface area (Å²) in [5.74, 6) is 0.0639. The lowest BCUT2D eigenvalue weighted by Gasteiger charge is -2.16. The zero-order valence-corrected chi connectivity index (χ0v) is 20.3. The molecule has 3 nitrogen and oxygen atoms in total. The van der Waals surface area contributed by atoms with Crippen LogP contribution in [0.3, 0.4) is 0 Å². The number of carbonyl (C=O) groups excluding carboxylic acids is 1. The standard InChI is InChI=1S/C34H22N2O/c1-21(37)31-25-11-5-7-13-27(25)32(28-14-8-6-12-26(28)31)30-20-18-24-16-15-23-17-19-29(22-9-3-2-4-10-22)35-33(23)34(24)36-30/h2-20H,1H3. The number of benzene rings is 5. The Kier molecular flexibility index (Phi) is 4.83. The fraction of sp³-hybridized carbons (Fsp3) is 0.0294. The van der Waals surface area contributed by atoms with Gasteiger partial charge in [0, 0.05) is 27.5 Å². The fourth-order valence-electron chi connectivity index (χ4n) is 5.46. The van der Waals surface area contributed by atoms with E-state index in [4.69, 9.17) is 9.97 Å². The summed E-state index contributed by atoms with van der Waals surface area (Å²) in [6.45, 7) is 1.64. The van der Waals surface area contributed by atoms with E-state index >= 15 is 0 Å². The number of aromatic nitrogens is 2. The van der Waals surface area contributed by atoms with Crippen molar-refractivity contribution in [2.75, 3.05) is 0 Å². The molecule has 2 aromatic heterocycles. The third-order valence-electron chi connectivity index (χ3n) is 7.13. The molecule has 0 saturated heterocycles. The highest BCUT2D eigenvalue weighted by Crippen LogP contribution is 2.39. The van der Waals surface area contributed by atoms with Gasteiger partial charge in [-0.15, -0.1) is 0 Å². The van der Waals surface area contributed by atoms with Gasteiger partial charge in [-0.05, 0) is 40.6 Å². The molecule has 0 saturated carbocycles. The Morgan fingerprint density at radius 2 is 0.973 bits per heavy atom. The molecule has 0 N–H and O–H groups in total. The van der Waals surface area contributed by atoms with Crippen molar-refractivity contribution in [1.29, 1.82) is 0 Å². The van der Waals surface area contributed by atoms with Gasteiger partial charge >= 0.3 is 0 Å². The molecule has 0 atom stereocenters. The monoisotopic (exact) mass is 474 g/mol. The molecule has 0 radical (unpaired) electrons. The van der Waals surface area contributed by atoms with Gasteiger partial charge in [-0.2, -0.15) is 0 Å². The fourth-order valence-corrected chi connectivity index (χ4v) is 5.46. The van der Waals surface area contributed by atoms with Crippen LogP contribution >= 0.6 is 0 Å². The number of nitrogens with zero attached hydrogens (tertiary/aromatic N) is 2. The molecule has 3 heteroatoms. The second-order valence-electron chi connectivity index (χ2n) is 9.37. The molecule has 0 spiro atoms. The van der Waals surface area contributed by atoms with E-state index in [0.29, 0.717) is 0 Å². The first kappa shape index (κ1) is 21.4. The first-order valence-corrected chi connectivity index (χ1v) is 12.4. The van der Waals surface area contributed by atoms with Crippen molar-refractivity contribution in [2.24, 2.45) is 0 Å². The van der Waals surface area contributed by atoms with Crippen molar-refractivity contribution >= 4 is 49.1 Å². The average Bonchev–Trinajstić information content (AvgIpc) is 2.95. The minimum absolute atomic E-state index is 0.0639. The van der Waals surface area contributed by atoms with Gasteiger partial charge in [0.05, 0.1) is 22.4 Å². The van der Waals surface area contributed by atoms with E-state index in [1.807, 2.05) is 54.6 Å². The number of pyridine rings is 2. The predicted molar refractivity (Wildman–Crippen MR) is 153 cm³/mol. The van der Waals surface area contributed by atoms with Crippen molar-refractivity contribution in [3.63, 3.8) is 0 Å². The molecule has 0 fully saturated rings. The van der Waals surface area contributed by atoms with Gasteiger partial charge in [0.15, 0.2) is 5.78 Å². The molecule has 0 aliphatic carbocycles. The van der Waals surface area contributed by atoms with Gasteiger partial charge in [-0.25, -0.2) is 9.97 Å². The van der Waals surface area contributed by atoms with Crippen LogP contribution in [0.5, 0.6) is 0 Å². The van der Waals surface area contributed by atoms with Crippen LogP contribution in [0.4, 0.5) is 0 Å². The first-order chi connectivity index (χ1) is 18.2. The molecule has 37 heavy (non-hydrogen) atoms. The van der Waals surface area contributed by atoms with E-state index in [9.17, 15) is 4.79 Å². The summed E-state index contributed by atoms with van der Waals surface area (Å²) in [4.78, 5) is 23.1. The number of carbonyl (C=O) groups is 1. The zero-order chi connectivity index (χ0) is 24.9. The molecule has 0 unspecified atom stereocenters. The van der Waals surface area contributed by atoms with Crippen molar-refractivity contribution in [2.45, 2.75) is 6.92 Å². The minimum atomic E-state index is 0.0639. The maximum atomic E-state index is 12.8. The first-order valence-electron chi connectivity index (χ1n) is 12.4. The summed E-state index contributed by atoms with van der Waals surface area (Å²) in [7, 11) is 0. The van der Waals surface area contributed by atoms with E-state index < -0.39 is 0 Å². The van der Waals surface area contributed by atoms with Gasteiger partial charge in [0.1, 0.15) is 0 Å². The highest BCUT2D eigenvalue weighted by molar-refractivity contribution is 6.24. The Balaban J connectivity index is 1.57. The van der Waals surface area contributed by atoms with Crippen molar-refractivity contribution in [3.05, 3.63) is 121 Å². The lowest BCUT2D eigenvalue weighted by atomic mass is 9.88. The van der Waals surface area contributed by atoms with Crippen LogP contribution in [0.25, 0.3) is 65.9 Å². The minimum Gasteiger partial charge on any atom is -0.294 e. The summed E-state index contributed by atoms with van der Waals surface area (Å²) in [5, 5.41) is 6.05. The summed E-state index contributed by atoms with van der Waals surface area (Å²) < 4.78 is 0. The summed E-state index contributed by atoms with van der Waals surface area (Å²) in [6.07, 6.45) is 0. The van der Waals surface area contributed by atoms with Crippen molar-refractivity contribution in [1.82, 2.24) is 9.97 Å². The molecule has 7 aromatic rings. The van der Waals surface area contributed by atoms with E-state index in [0.717, 1.165) is 71.4 Å². The predicted octanol–water partition coefficient (Wildman–Crippen LogP) is 8.63. The van der Waals surface area contributed by atoms with Crippen LogP contribution in [-0.4, -0.2) is 15.8 Å². The maximum absolute atomic E-state index is 12.8. The molecule has 174 valence electrons. The second-order valence-corrected chi connectivity index (χ2v) is 9.37. The molecule has 0 aliphatic rings. The molecule has 0 aliphatic heterocycles. The highest BCUT2D eigenvalue weighted by Gasteiger charge is 2.18. The van der Waals surface area contributed by atoms with E-state index in [1.165, 1.54) is 0 Å². The highest BCUT2D eigenvalue weighted by atomic mass is 16.1. The van der Waals surface area contributed by atoms with Crippen LogP contribution in [0.15, 0.2) is 115 Å². The van der Waals surface area contributed by atoms with Gasteiger partial charge in [-0.3, -0.25) is 4.79 Å². The number of fused-ring (bicyclic) bond motifs is 5. The Bertz CT molecular complexity index is 1950. The van der Waals surface area contributed by atoms with Gasteiger partial charge in [-0.1, -0.05) is 103 Å².